The monoisotopic (exact) mass is 226 g/mol. The van der Waals surface area contributed by atoms with Crippen molar-refractivity contribution in [1.82, 2.24) is 10.3 Å². The maximum Gasteiger partial charge on any atom is 0.133 e. The minimum atomic E-state index is 0.281. The highest BCUT2D eigenvalue weighted by Crippen LogP contribution is 2.19. The lowest BCUT2D eigenvalue weighted by Crippen LogP contribution is -2.20. The first-order valence-corrected chi connectivity index (χ1v) is 5.97. The molecule has 1 unspecified atom stereocenters. The van der Waals surface area contributed by atoms with Gasteiger partial charge in [0.25, 0.3) is 0 Å². The molecule has 0 aliphatic rings. The summed E-state index contributed by atoms with van der Waals surface area (Å²) in [5.74, 6) is 0. The Labute approximate surface area is 97.1 Å². The zero-order chi connectivity index (χ0) is 11.1. The number of rotatable bonds is 6. The van der Waals surface area contributed by atoms with Crippen molar-refractivity contribution in [1.29, 1.82) is 0 Å². The van der Waals surface area contributed by atoms with Gasteiger partial charge >= 0.3 is 0 Å². The minimum absolute atomic E-state index is 0.281. The van der Waals surface area contributed by atoms with Gasteiger partial charge in [-0.3, -0.25) is 0 Å². The number of pyridine rings is 1. The van der Waals surface area contributed by atoms with E-state index >= 15 is 0 Å². The molecule has 0 aromatic carbocycles. The summed E-state index contributed by atoms with van der Waals surface area (Å²) in [5.41, 5.74) is 1.08. The zero-order valence-corrected chi connectivity index (χ0v) is 10.2. The molecule has 0 radical (unpaired) electrons. The number of nitrogens with zero attached hydrogens (tertiary/aromatic N) is 1. The summed E-state index contributed by atoms with van der Waals surface area (Å²) in [5, 5.41) is 4.05. The Kier molecular flexibility index (Phi) is 5.66. The molecule has 0 aliphatic carbocycles. The van der Waals surface area contributed by atoms with Gasteiger partial charge in [-0.15, -0.1) is 0 Å². The normalized spacial score (nSPS) is 12.7. The number of hydrogen-bond acceptors (Lipinski definition) is 2. The second-order valence-corrected chi connectivity index (χ2v) is 4.12. The van der Waals surface area contributed by atoms with Crippen LogP contribution < -0.4 is 5.32 Å². The topological polar surface area (TPSA) is 24.9 Å². The largest absolute Gasteiger partial charge is 0.310 e. The molecule has 0 saturated heterocycles. The quantitative estimate of drug-likeness (QED) is 0.593. The van der Waals surface area contributed by atoms with E-state index in [0.717, 1.165) is 12.1 Å². The van der Waals surface area contributed by atoms with E-state index in [2.05, 4.69) is 24.1 Å². The van der Waals surface area contributed by atoms with Crippen LogP contribution in [-0.4, -0.2) is 11.5 Å². The van der Waals surface area contributed by atoms with Gasteiger partial charge in [0.1, 0.15) is 5.15 Å². The maximum atomic E-state index is 6.01. The summed E-state index contributed by atoms with van der Waals surface area (Å²) in [4.78, 5) is 4.07. The van der Waals surface area contributed by atoms with Gasteiger partial charge < -0.3 is 5.32 Å². The third kappa shape index (κ3) is 4.18. The van der Waals surface area contributed by atoms with Gasteiger partial charge in [0.05, 0.1) is 0 Å². The molecule has 1 N–H and O–H groups in total. The van der Waals surface area contributed by atoms with Gasteiger partial charge in [0.2, 0.25) is 0 Å². The molecule has 0 spiro atoms. The van der Waals surface area contributed by atoms with E-state index in [1.165, 1.54) is 19.3 Å². The smallest absolute Gasteiger partial charge is 0.133 e. The SMILES string of the molecule is CCCCCNC(C)c1cccnc1Cl. The van der Waals surface area contributed by atoms with Gasteiger partial charge in [-0.25, -0.2) is 4.98 Å². The summed E-state index contributed by atoms with van der Waals surface area (Å²) in [7, 11) is 0. The molecule has 1 aromatic heterocycles. The Hall–Kier alpha value is -0.600. The third-order valence-electron chi connectivity index (χ3n) is 2.49. The number of hydrogen-bond donors (Lipinski definition) is 1. The summed E-state index contributed by atoms with van der Waals surface area (Å²) in [6, 6.07) is 4.22. The fourth-order valence-electron chi connectivity index (χ4n) is 1.52. The van der Waals surface area contributed by atoms with Crippen LogP contribution in [0.25, 0.3) is 0 Å². The first-order valence-electron chi connectivity index (χ1n) is 5.59. The van der Waals surface area contributed by atoms with E-state index in [1.54, 1.807) is 6.20 Å². The van der Waals surface area contributed by atoms with E-state index in [9.17, 15) is 0 Å². The lowest BCUT2D eigenvalue weighted by molar-refractivity contribution is 0.543. The fourth-order valence-corrected chi connectivity index (χ4v) is 1.81. The first-order chi connectivity index (χ1) is 7.25. The second-order valence-electron chi connectivity index (χ2n) is 3.77. The average Bonchev–Trinajstić information content (AvgIpc) is 2.25. The van der Waals surface area contributed by atoms with Crippen molar-refractivity contribution in [3.63, 3.8) is 0 Å². The Balaban J connectivity index is 2.40. The Morgan fingerprint density at radius 3 is 2.93 bits per heavy atom. The van der Waals surface area contributed by atoms with Crippen LogP contribution in [0.5, 0.6) is 0 Å². The summed E-state index contributed by atoms with van der Waals surface area (Å²) >= 11 is 6.01. The molecule has 0 bridgehead atoms. The van der Waals surface area contributed by atoms with Crippen molar-refractivity contribution < 1.29 is 0 Å². The summed E-state index contributed by atoms with van der Waals surface area (Å²) in [6.07, 6.45) is 5.47. The standard InChI is InChI=1S/C12H19ClN2/c1-3-4-5-8-14-10(2)11-7-6-9-15-12(11)13/h6-7,9-10,14H,3-5,8H2,1-2H3. The molecule has 1 heterocycles. The van der Waals surface area contributed by atoms with Crippen LogP contribution in [0, 0.1) is 0 Å². The molecule has 0 fully saturated rings. The van der Waals surface area contributed by atoms with Crippen molar-refractivity contribution in [3.05, 3.63) is 29.0 Å². The number of aromatic nitrogens is 1. The van der Waals surface area contributed by atoms with Gasteiger partial charge in [-0.2, -0.15) is 0 Å². The lowest BCUT2D eigenvalue weighted by atomic mass is 10.1. The molecule has 1 atom stereocenters. The first kappa shape index (κ1) is 12.5. The van der Waals surface area contributed by atoms with Crippen molar-refractivity contribution >= 4 is 11.6 Å². The highest BCUT2D eigenvalue weighted by Gasteiger charge is 2.08. The Bertz CT molecular complexity index is 289. The van der Waals surface area contributed by atoms with E-state index in [4.69, 9.17) is 11.6 Å². The molecule has 2 nitrogen and oxygen atoms in total. The van der Waals surface area contributed by atoms with Crippen LogP contribution in [-0.2, 0) is 0 Å². The average molecular weight is 227 g/mol. The molecule has 3 heteroatoms. The number of halogens is 1. The second kappa shape index (κ2) is 6.81. The minimum Gasteiger partial charge on any atom is -0.310 e. The van der Waals surface area contributed by atoms with Crippen LogP contribution in [0.3, 0.4) is 0 Å². The van der Waals surface area contributed by atoms with Crippen molar-refractivity contribution in [3.8, 4) is 0 Å². The van der Waals surface area contributed by atoms with Crippen LogP contribution in [0.1, 0.15) is 44.7 Å². The molecule has 1 aromatic rings. The van der Waals surface area contributed by atoms with E-state index in [0.29, 0.717) is 5.15 Å². The van der Waals surface area contributed by atoms with Gasteiger partial charge in [0.15, 0.2) is 0 Å². The molecule has 84 valence electrons. The van der Waals surface area contributed by atoms with Crippen molar-refractivity contribution in [2.45, 2.75) is 39.2 Å². The molecule has 0 aliphatic heterocycles. The molecule has 15 heavy (non-hydrogen) atoms. The molecular formula is C12H19ClN2. The molecule has 0 saturated carbocycles. The summed E-state index contributed by atoms with van der Waals surface area (Å²) in [6.45, 7) is 5.37. The van der Waals surface area contributed by atoms with Crippen LogP contribution in [0.4, 0.5) is 0 Å². The molecule has 0 amide bonds. The van der Waals surface area contributed by atoms with Crippen molar-refractivity contribution in [2.24, 2.45) is 0 Å². The van der Waals surface area contributed by atoms with Crippen molar-refractivity contribution in [2.75, 3.05) is 6.54 Å². The predicted molar refractivity (Wildman–Crippen MR) is 65.2 cm³/mol. The lowest BCUT2D eigenvalue weighted by Gasteiger charge is -2.14. The van der Waals surface area contributed by atoms with E-state index in [-0.39, 0.29) is 6.04 Å². The third-order valence-corrected chi connectivity index (χ3v) is 2.80. The maximum absolute atomic E-state index is 6.01. The predicted octanol–water partition coefficient (Wildman–Crippen LogP) is 3.58. The Morgan fingerprint density at radius 2 is 2.27 bits per heavy atom. The molecule has 1 rings (SSSR count). The summed E-state index contributed by atoms with van der Waals surface area (Å²) < 4.78 is 0. The number of unbranched alkanes of at least 4 members (excludes halogenated alkanes) is 2. The van der Waals surface area contributed by atoms with Gasteiger partial charge in [0, 0.05) is 17.8 Å². The highest BCUT2D eigenvalue weighted by atomic mass is 35.5. The number of nitrogens with one attached hydrogen (secondary N) is 1. The van der Waals surface area contributed by atoms with E-state index < -0.39 is 0 Å². The van der Waals surface area contributed by atoms with Gasteiger partial charge in [-0.1, -0.05) is 37.4 Å². The van der Waals surface area contributed by atoms with Crippen LogP contribution in [0.15, 0.2) is 18.3 Å². The van der Waals surface area contributed by atoms with Gasteiger partial charge in [-0.05, 0) is 26.0 Å². The van der Waals surface area contributed by atoms with Crippen LogP contribution in [0.2, 0.25) is 5.15 Å². The molecular weight excluding hydrogens is 208 g/mol. The fraction of sp³-hybridized carbons (Fsp3) is 0.583. The van der Waals surface area contributed by atoms with E-state index in [1.807, 2.05) is 12.1 Å². The highest BCUT2D eigenvalue weighted by molar-refractivity contribution is 6.30. The zero-order valence-electron chi connectivity index (χ0n) is 9.46. The van der Waals surface area contributed by atoms with Crippen LogP contribution >= 0.6 is 11.6 Å². The Morgan fingerprint density at radius 1 is 1.47 bits per heavy atom.